The number of aromatic nitrogens is 2. The molecular formula is C29H35ClN4O4S. The number of fused-ring (bicyclic) bond motifs is 1. The summed E-state index contributed by atoms with van der Waals surface area (Å²) < 4.78 is 3.08. The highest BCUT2D eigenvalue weighted by Gasteiger charge is 2.16. The number of unbranched alkanes of at least 4 members (excludes halogenated alkanes) is 2. The number of thiophene rings is 1. The molecule has 1 aromatic carbocycles. The van der Waals surface area contributed by atoms with Gasteiger partial charge in [-0.2, -0.15) is 0 Å². The van der Waals surface area contributed by atoms with Crippen LogP contribution in [0.5, 0.6) is 0 Å². The van der Waals surface area contributed by atoms with E-state index in [-0.39, 0.29) is 30.5 Å². The highest BCUT2D eigenvalue weighted by molar-refractivity contribution is 7.17. The molecule has 1 aliphatic carbocycles. The molecule has 0 saturated carbocycles. The number of benzene rings is 1. The summed E-state index contributed by atoms with van der Waals surface area (Å²) in [6.07, 6.45) is 9.95. The van der Waals surface area contributed by atoms with Gasteiger partial charge in [0.1, 0.15) is 11.2 Å². The molecule has 0 fully saturated rings. The molecule has 8 nitrogen and oxygen atoms in total. The van der Waals surface area contributed by atoms with E-state index in [4.69, 9.17) is 11.6 Å². The fraction of sp³-hybridized carbons (Fsp3) is 0.448. The zero-order valence-corrected chi connectivity index (χ0v) is 23.6. The van der Waals surface area contributed by atoms with Crippen molar-refractivity contribution in [2.45, 2.75) is 77.4 Å². The third-order valence-electron chi connectivity index (χ3n) is 7.01. The molecular weight excluding hydrogens is 536 g/mol. The zero-order valence-electron chi connectivity index (χ0n) is 22.0. The lowest BCUT2D eigenvalue weighted by Crippen LogP contribution is -2.42. The average Bonchev–Trinajstić information content (AvgIpc) is 3.43. The molecule has 4 rings (SSSR count). The van der Waals surface area contributed by atoms with Crippen molar-refractivity contribution in [3.05, 3.63) is 78.8 Å². The quantitative estimate of drug-likeness (QED) is 0.228. The minimum atomic E-state index is -0.478. The highest BCUT2D eigenvalue weighted by Crippen LogP contribution is 2.19. The van der Waals surface area contributed by atoms with Crippen LogP contribution in [0.1, 0.15) is 63.4 Å². The van der Waals surface area contributed by atoms with Gasteiger partial charge in [-0.25, -0.2) is 4.79 Å². The molecule has 0 unspecified atom stereocenters. The summed E-state index contributed by atoms with van der Waals surface area (Å²) >= 11 is 7.40. The van der Waals surface area contributed by atoms with Gasteiger partial charge in [0.25, 0.3) is 5.56 Å². The predicted molar refractivity (Wildman–Crippen MR) is 156 cm³/mol. The predicted octanol–water partition coefficient (Wildman–Crippen LogP) is 4.76. The van der Waals surface area contributed by atoms with E-state index in [9.17, 15) is 19.2 Å². The van der Waals surface area contributed by atoms with E-state index in [1.54, 1.807) is 17.5 Å². The Bertz CT molecular complexity index is 1460. The summed E-state index contributed by atoms with van der Waals surface area (Å²) in [5, 5.41) is 8.17. The Balaban J connectivity index is 1.28. The third kappa shape index (κ3) is 7.92. The third-order valence-corrected chi connectivity index (χ3v) is 8.27. The normalized spacial score (nSPS) is 13.3. The average molecular weight is 571 g/mol. The number of nitrogens with one attached hydrogen (secondary N) is 2. The first-order valence-corrected chi connectivity index (χ1v) is 14.9. The van der Waals surface area contributed by atoms with E-state index in [2.05, 4.69) is 16.7 Å². The molecule has 2 heterocycles. The maximum Gasteiger partial charge on any atom is 0.332 e. The van der Waals surface area contributed by atoms with Crippen molar-refractivity contribution < 1.29 is 9.59 Å². The van der Waals surface area contributed by atoms with Crippen molar-refractivity contribution in [2.75, 3.05) is 6.54 Å². The lowest BCUT2D eigenvalue weighted by molar-refractivity contribution is -0.122. The second-order valence-corrected chi connectivity index (χ2v) is 11.2. The van der Waals surface area contributed by atoms with Crippen LogP contribution in [0, 0.1) is 0 Å². The maximum absolute atomic E-state index is 13.2. The molecule has 1 aliphatic rings. The van der Waals surface area contributed by atoms with Gasteiger partial charge in [-0.05, 0) is 68.0 Å². The van der Waals surface area contributed by atoms with E-state index in [1.807, 2.05) is 18.2 Å². The number of hydrogen-bond donors (Lipinski definition) is 2. The maximum atomic E-state index is 13.2. The van der Waals surface area contributed by atoms with Crippen molar-refractivity contribution in [3.63, 3.8) is 0 Å². The zero-order chi connectivity index (χ0) is 27.6. The Hall–Kier alpha value is -3.17. The van der Waals surface area contributed by atoms with Gasteiger partial charge in [0.2, 0.25) is 11.8 Å². The fourth-order valence-electron chi connectivity index (χ4n) is 4.83. The number of halogens is 1. The molecule has 2 amide bonds. The van der Waals surface area contributed by atoms with Crippen molar-refractivity contribution in [3.8, 4) is 0 Å². The number of nitrogens with zero attached hydrogens (tertiary/aromatic N) is 2. The Labute approximate surface area is 236 Å². The smallest absolute Gasteiger partial charge is 0.332 e. The summed E-state index contributed by atoms with van der Waals surface area (Å²) in [6, 6.07) is 9.09. The molecule has 0 atom stereocenters. The summed E-state index contributed by atoms with van der Waals surface area (Å²) in [7, 11) is 0. The molecule has 0 spiro atoms. The number of carbonyl (C=O) groups is 2. The molecule has 208 valence electrons. The van der Waals surface area contributed by atoms with Gasteiger partial charge in [-0.3, -0.25) is 23.5 Å². The van der Waals surface area contributed by atoms with Crippen LogP contribution in [0.3, 0.4) is 0 Å². The summed E-state index contributed by atoms with van der Waals surface area (Å²) in [5.41, 5.74) is 1.93. The first-order valence-electron chi connectivity index (χ1n) is 13.6. The minimum absolute atomic E-state index is 0.0692. The number of carbonyl (C=O) groups excluding carboxylic acids is 2. The van der Waals surface area contributed by atoms with Gasteiger partial charge in [-0.1, -0.05) is 47.9 Å². The summed E-state index contributed by atoms with van der Waals surface area (Å²) in [5.74, 6) is -0.311. The van der Waals surface area contributed by atoms with Crippen molar-refractivity contribution in [2.24, 2.45) is 0 Å². The first kappa shape index (κ1) is 28.8. The number of hydrogen-bond acceptors (Lipinski definition) is 5. The lowest BCUT2D eigenvalue weighted by Gasteiger charge is -2.14. The topological polar surface area (TPSA) is 102 Å². The molecule has 0 bridgehead atoms. The number of rotatable bonds is 13. The summed E-state index contributed by atoms with van der Waals surface area (Å²) in [6.45, 7) is 1.02. The molecule has 2 N–H and O–H groups in total. The Kier molecular flexibility index (Phi) is 10.6. The van der Waals surface area contributed by atoms with Crippen molar-refractivity contribution >= 4 is 45.0 Å². The number of allylic oxidation sites excluding steroid dienone is 1. The van der Waals surface area contributed by atoms with E-state index < -0.39 is 5.69 Å². The van der Waals surface area contributed by atoms with Gasteiger partial charge in [0.15, 0.2) is 0 Å². The molecule has 10 heteroatoms. The van der Waals surface area contributed by atoms with Gasteiger partial charge < -0.3 is 10.6 Å². The van der Waals surface area contributed by atoms with E-state index >= 15 is 0 Å². The van der Waals surface area contributed by atoms with Gasteiger partial charge in [-0.15, -0.1) is 11.3 Å². The highest BCUT2D eigenvalue weighted by atomic mass is 35.5. The molecule has 0 aliphatic heterocycles. The standard InChI is InChI=1S/C29H35ClN4O4S/c30-23-12-7-6-11-22(23)19-32-25(35)13-5-2-8-17-33-28(37)27-24(15-18-39-27)34(29(33)38)20-26(36)31-16-14-21-9-3-1-4-10-21/h6-7,9,11-12,15,18H,1-5,8,10,13-14,16-17,19-20H2,(H,31,36)(H,32,35). The van der Waals surface area contributed by atoms with Crippen LogP contribution in [0.15, 0.2) is 57.0 Å². The van der Waals surface area contributed by atoms with Crippen LogP contribution in [0.4, 0.5) is 0 Å². The van der Waals surface area contributed by atoms with E-state index in [0.717, 1.165) is 24.8 Å². The van der Waals surface area contributed by atoms with Crippen LogP contribution in [0.25, 0.3) is 10.2 Å². The van der Waals surface area contributed by atoms with Crippen LogP contribution >= 0.6 is 22.9 Å². The largest absolute Gasteiger partial charge is 0.354 e. The number of amides is 2. The molecule has 0 saturated heterocycles. The Morgan fingerprint density at radius 2 is 1.82 bits per heavy atom. The van der Waals surface area contributed by atoms with Gasteiger partial charge in [0, 0.05) is 31.1 Å². The summed E-state index contributed by atoms with van der Waals surface area (Å²) in [4.78, 5) is 51.1. The SMILES string of the molecule is O=C(CCCCCn1c(=O)c2sccc2n(CC(=O)NCCC2=CCCCC2)c1=O)NCc1ccccc1Cl. The van der Waals surface area contributed by atoms with Crippen LogP contribution in [-0.4, -0.2) is 27.5 Å². The molecule has 3 aromatic rings. The molecule has 2 aromatic heterocycles. The van der Waals surface area contributed by atoms with Gasteiger partial charge in [0.05, 0.1) is 5.52 Å². The second kappa shape index (κ2) is 14.3. The molecule has 0 radical (unpaired) electrons. The van der Waals surface area contributed by atoms with Crippen LogP contribution < -0.4 is 21.9 Å². The van der Waals surface area contributed by atoms with E-state index in [1.165, 1.54) is 38.9 Å². The monoisotopic (exact) mass is 570 g/mol. The molecule has 39 heavy (non-hydrogen) atoms. The Morgan fingerprint density at radius 1 is 0.974 bits per heavy atom. The van der Waals surface area contributed by atoms with Crippen LogP contribution in [-0.2, 0) is 29.2 Å². The fourth-order valence-corrected chi connectivity index (χ4v) is 5.88. The lowest BCUT2D eigenvalue weighted by atomic mass is 9.97. The van der Waals surface area contributed by atoms with Crippen molar-refractivity contribution in [1.82, 2.24) is 19.8 Å². The second-order valence-electron chi connectivity index (χ2n) is 9.85. The van der Waals surface area contributed by atoms with Gasteiger partial charge >= 0.3 is 5.69 Å². The van der Waals surface area contributed by atoms with E-state index in [0.29, 0.717) is 54.0 Å². The Morgan fingerprint density at radius 3 is 2.62 bits per heavy atom. The first-order chi connectivity index (χ1) is 18.9. The minimum Gasteiger partial charge on any atom is -0.354 e. The van der Waals surface area contributed by atoms with Crippen LogP contribution in [0.2, 0.25) is 5.02 Å². The van der Waals surface area contributed by atoms with Crippen molar-refractivity contribution in [1.29, 1.82) is 0 Å².